The van der Waals surface area contributed by atoms with Crippen molar-refractivity contribution in [2.75, 3.05) is 11.4 Å². The third-order valence-corrected chi connectivity index (χ3v) is 3.73. The van der Waals surface area contributed by atoms with Gasteiger partial charge in [0.1, 0.15) is 11.4 Å². The van der Waals surface area contributed by atoms with E-state index >= 15 is 0 Å². The molecule has 19 heavy (non-hydrogen) atoms. The Balaban J connectivity index is 2.60. The Hall–Kier alpha value is -1.23. The van der Waals surface area contributed by atoms with Crippen LogP contribution in [-0.4, -0.2) is 29.3 Å². The smallest absolute Gasteiger partial charge is 0.335 e. The second-order valence-corrected chi connectivity index (χ2v) is 6.55. The normalized spacial score (nSPS) is 17.1. The molecule has 1 aromatic carbocycles. The predicted octanol–water partition coefficient (Wildman–Crippen LogP) is 3.53. The van der Waals surface area contributed by atoms with Crippen molar-refractivity contribution in [1.29, 1.82) is 0 Å². The number of nitrogens with zero attached hydrogens (tertiary/aromatic N) is 1. The molecule has 0 atom stereocenters. The molecule has 1 aliphatic heterocycles. The first kappa shape index (κ1) is 14.2. The van der Waals surface area contributed by atoms with Gasteiger partial charge >= 0.3 is 5.97 Å². The van der Waals surface area contributed by atoms with Crippen LogP contribution >= 0.6 is 15.9 Å². The Labute approximate surface area is 121 Å². The van der Waals surface area contributed by atoms with Crippen molar-refractivity contribution in [2.45, 2.75) is 39.3 Å². The van der Waals surface area contributed by atoms with Gasteiger partial charge in [0.2, 0.25) is 0 Å². The molecule has 2 rings (SSSR count). The number of hydrogen-bond donors (Lipinski definition) is 1. The highest BCUT2D eigenvalue weighted by Gasteiger charge is 2.34. The molecule has 104 valence electrons. The summed E-state index contributed by atoms with van der Waals surface area (Å²) in [5.41, 5.74) is 0.819. The summed E-state index contributed by atoms with van der Waals surface area (Å²) in [6, 6.07) is 3.53. The van der Waals surface area contributed by atoms with E-state index in [9.17, 15) is 4.79 Å². The maximum absolute atomic E-state index is 11.1. The fraction of sp³-hybridized carbons (Fsp3) is 0.500. The van der Waals surface area contributed by atoms with Crippen molar-refractivity contribution >= 4 is 27.6 Å². The summed E-state index contributed by atoms with van der Waals surface area (Å²) in [5.74, 6) is -0.330. The van der Waals surface area contributed by atoms with E-state index in [0.717, 1.165) is 16.7 Å². The number of anilines is 1. The van der Waals surface area contributed by atoms with E-state index in [0.29, 0.717) is 11.8 Å². The first-order valence-electron chi connectivity index (χ1n) is 6.24. The average molecular weight is 328 g/mol. The SMILES string of the molecule is CC(C)N1CC(C)(C)Oc2cc(C(=O)O)cc(Br)c21. The van der Waals surface area contributed by atoms with Crippen LogP contribution < -0.4 is 9.64 Å². The lowest BCUT2D eigenvalue weighted by atomic mass is 10.0. The number of rotatable bonds is 2. The van der Waals surface area contributed by atoms with Crippen LogP contribution in [0.4, 0.5) is 5.69 Å². The number of benzene rings is 1. The Kier molecular flexibility index (Phi) is 3.51. The van der Waals surface area contributed by atoms with Gasteiger partial charge in [-0.05, 0) is 55.8 Å². The van der Waals surface area contributed by atoms with Gasteiger partial charge < -0.3 is 14.7 Å². The van der Waals surface area contributed by atoms with Crippen LogP contribution in [0.1, 0.15) is 38.1 Å². The van der Waals surface area contributed by atoms with Gasteiger partial charge in [-0.1, -0.05) is 0 Å². The minimum Gasteiger partial charge on any atom is -0.484 e. The van der Waals surface area contributed by atoms with E-state index in [2.05, 4.69) is 34.7 Å². The topological polar surface area (TPSA) is 49.8 Å². The Morgan fingerprint density at radius 1 is 1.47 bits per heavy atom. The van der Waals surface area contributed by atoms with Crippen molar-refractivity contribution < 1.29 is 14.6 Å². The number of aromatic carboxylic acids is 1. The van der Waals surface area contributed by atoms with Crippen molar-refractivity contribution in [1.82, 2.24) is 0 Å². The van der Waals surface area contributed by atoms with Crippen LogP contribution in [0.3, 0.4) is 0 Å². The summed E-state index contributed by atoms with van der Waals surface area (Å²) in [4.78, 5) is 13.4. The monoisotopic (exact) mass is 327 g/mol. The first-order valence-corrected chi connectivity index (χ1v) is 7.03. The lowest BCUT2D eigenvalue weighted by molar-refractivity contribution is 0.0692. The molecule has 0 saturated carbocycles. The van der Waals surface area contributed by atoms with Gasteiger partial charge in [0, 0.05) is 10.5 Å². The molecule has 5 heteroatoms. The van der Waals surface area contributed by atoms with Crippen LogP contribution in [0.25, 0.3) is 0 Å². The summed E-state index contributed by atoms with van der Waals surface area (Å²) in [6.07, 6.45) is 0. The van der Waals surface area contributed by atoms with Gasteiger partial charge in [-0.15, -0.1) is 0 Å². The largest absolute Gasteiger partial charge is 0.484 e. The molecule has 0 aromatic heterocycles. The van der Waals surface area contributed by atoms with Gasteiger partial charge in [-0.25, -0.2) is 4.79 Å². The minimum atomic E-state index is -0.952. The number of ether oxygens (including phenoxy) is 1. The Morgan fingerprint density at radius 2 is 2.11 bits per heavy atom. The molecule has 0 spiro atoms. The predicted molar refractivity (Wildman–Crippen MR) is 78.3 cm³/mol. The van der Waals surface area contributed by atoms with Crippen molar-refractivity contribution in [2.24, 2.45) is 0 Å². The van der Waals surface area contributed by atoms with Crippen LogP contribution in [0, 0.1) is 0 Å². The molecular weight excluding hydrogens is 310 g/mol. The molecule has 0 fully saturated rings. The maximum atomic E-state index is 11.1. The highest BCUT2D eigenvalue weighted by atomic mass is 79.9. The van der Waals surface area contributed by atoms with Crippen LogP contribution in [-0.2, 0) is 0 Å². The molecule has 0 unspecified atom stereocenters. The zero-order valence-corrected chi connectivity index (χ0v) is 13.1. The third kappa shape index (κ3) is 2.71. The molecule has 0 amide bonds. The lowest BCUT2D eigenvalue weighted by Gasteiger charge is -2.43. The summed E-state index contributed by atoms with van der Waals surface area (Å²) >= 11 is 3.46. The molecular formula is C14H18BrNO3. The number of carboxylic acids is 1. The summed E-state index contributed by atoms with van der Waals surface area (Å²) in [5, 5.41) is 9.13. The third-order valence-electron chi connectivity index (χ3n) is 3.12. The van der Waals surface area contributed by atoms with Gasteiger partial charge in [0.15, 0.2) is 0 Å². The van der Waals surface area contributed by atoms with Crippen molar-refractivity contribution in [3.63, 3.8) is 0 Å². The van der Waals surface area contributed by atoms with Gasteiger partial charge in [-0.2, -0.15) is 0 Å². The molecule has 1 N–H and O–H groups in total. The summed E-state index contributed by atoms with van der Waals surface area (Å²) in [7, 11) is 0. The lowest BCUT2D eigenvalue weighted by Crippen LogP contribution is -2.49. The molecule has 4 nitrogen and oxygen atoms in total. The van der Waals surface area contributed by atoms with Crippen LogP contribution in [0.15, 0.2) is 16.6 Å². The zero-order chi connectivity index (χ0) is 14.4. The summed E-state index contributed by atoms with van der Waals surface area (Å²) < 4.78 is 6.69. The molecule has 1 aromatic rings. The molecule has 1 heterocycles. The van der Waals surface area contributed by atoms with Crippen LogP contribution in [0.2, 0.25) is 0 Å². The highest BCUT2D eigenvalue weighted by Crippen LogP contribution is 2.43. The fourth-order valence-electron chi connectivity index (χ4n) is 2.31. The van der Waals surface area contributed by atoms with E-state index in [1.54, 1.807) is 12.1 Å². The van der Waals surface area contributed by atoms with Gasteiger partial charge in [0.25, 0.3) is 0 Å². The van der Waals surface area contributed by atoms with Gasteiger partial charge in [0.05, 0.1) is 17.8 Å². The highest BCUT2D eigenvalue weighted by molar-refractivity contribution is 9.10. The number of fused-ring (bicyclic) bond motifs is 1. The van der Waals surface area contributed by atoms with Crippen LogP contribution in [0.5, 0.6) is 5.75 Å². The van der Waals surface area contributed by atoms with Gasteiger partial charge in [-0.3, -0.25) is 0 Å². The number of hydrogen-bond acceptors (Lipinski definition) is 3. The number of halogens is 1. The number of carbonyl (C=O) groups is 1. The quantitative estimate of drug-likeness (QED) is 0.902. The van der Waals surface area contributed by atoms with E-state index in [1.165, 1.54) is 0 Å². The minimum absolute atomic E-state index is 0.229. The molecule has 1 aliphatic rings. The number of carboxylic acid groups (broad SMARTS) is 1. The Morgan fingerprint density at radius 3 is 2.63 bits per heavy atom. The Bertz CT molecular complexity index is 526. The fourth-order valence-corrected chi connectivity index (χ4v) is 2.98. The van der Waals surface area contributed by atoms with E-state index in [-0.39, 0.29) is 11.2 Å². The van der Waals surface area contributed by atoms with E-state index in [4.69, 9.17) is 9.84 Å². The summed E-state index contributed by atoms with van der Waals surface area (Å²) in [6.45, 7) is 9.01. The molecule has 0 radical (unpaired) electrons. The molecule has 0 bridgehead atoms. The molecule has 0 saturated heterocycles. The first-order chi connectivity index (χ1) is 8.71. The standard InChI is InChI=1S/C14H18BrNO3/c1-8(2)16-7-14(3,4)19-11-6-9(13(17)18)5-10(15)12(11)16/h5-6,8H,7H2,1-4H3,(H,17,18). The maximum Gasteiger partial charge on any atom is 0.335 e. The second kappa shape index (κ2) is 4.71. The van der Waals surface area contributed by atoms with E-state index in [1.807, 2.05) is 13.8 Å². The van der Waals surface area contributed by atoms with Crippen molar-refractivity contribution in [3.05, 3.63) is 22.2 Å². The average Bonchev–Trinajstić information content (AvgIpc) is 2.25. The molecule has 0 aliphatic carbocycles. The van der Waals surface area contributed by atoms with E-state index < -0.39 is 5.97 Å². The second-order valence-electron chi connectivity index (χ2n) is 5.69. The van der Waals surface area contributed by atoms with Crippen molar-refractivity contribution in [3.8, 4) is 5.75 Å². The zero-order valence-electron chi connectivity index (χ0n) is 11.5.